The van der Waals surface area contributed by atoms with Crippen molar-refractivity contribution in [1.82, 2.24) is 0 Å². The van der Waals surface area contributed by atoms with Gasteiger partial charge in [-0.2, -0.15) is 0 Å². The highest BCUT2D eigenvalue weighted by Gasteiger charge is 2.16. The van der Waals surface area contributed by atoms with Gasteiger partial charge in [-0.05, 0) is 34.7 Å². The van der Waals surface area contributed by atoms with Gasteiger partial charge in [0.25, 0.3) is 0 Å². The minimum absolute atomic E-state index is 0.340. The highest BCUT2D eigenvalue weighted by molar-refractivity contribution is 5.84. The van der Waals surface area contributed by atoms with Crippen molar-refractivity contribution in [3.05, 3.63) is 89.5 Å². The zero-order valence-corrected chi connectivity index (χ0v) is 14.1. The summed E-state index contributed by atoms with van der Waals surface area (Å²) in [5, 5.41) is 0. The molecule has 0 radical (unpaired) electrons. The predicted octanol–water partition coefficient (Wildman–Crippen LogP) is 4.99. The summed E-state index contributed by atoms with van der Waals surface area (Å²) in [7, 11) is 0. The van der Waals surface area contributed by atoms with Crippen LogP contribution in [0.25, 0.3) is 11.1 Å². The van der Waals surface area contributed by atoms with E-state index in [4.69, 9.17) is 4.74 Å². The fourth-order valence-electron chi connectivity index (χ4n) is 3.34. The zero-order valence-electron chi connectivity index (χ0n) is 14.1. The van der Waals surface area contributed by atoms with Crippen molar-refractivity contribution in [2.24, 2.45) is 0 Å². The van der Waals surface area contributed by atoms with Crippen LogP contribution in [-0.4, -0.2) is 5.78 Å². The Morgan fingerprint density at radius 3 is 2.48 bits per heavy atom. The molecule has 0 saturated carbocycles. The van der Waals surface area contributed by atoms with E-state index in [1.54, 1.807) is 0 Å². The molecule has 2 nitrogen and oxygen atoms in total. The van der Waals surface area contributed by atoms with Gasteiger partial charge >= 0.3 is 0 Å². The van der Waals surface area contributed by atoms with Crippen molar-refractivity contribution in [2.45, 2.75) is 25.9 Å². The number of carbonyl (C=O) groups is 1. The van der Waals surface area contributed by atoms with Crippen LogP contribution in [0.4, 0.5) is 0 Å². The van der Waals surface area contributed by atoms with Gasteiger partial charge in [-0.25, -0.2) is 0 Å². The van der Waals surface area contributed by atoms with E-state index >= 15 is 0 Å². The second-order valence-electron chi connectivity index (χ2n) is 6.47. The maximum Gasteiger partial charge on any atom is 0.137 e. The maximum atomic E-state index is 11.6. The Kier molecular flexibility index (Phi) is 4.34. The van der Waals surface area contributed by atoms with Crippen LogP contribution in [0.5, 0.6) is 5.75 Å². The summed E-state index contributed by atoms with van der Waals surface area (Å²) in [6.07, 6.45) is 2.07. The Balaban J connectivity index is 1.61. The van der Waals surface area contributed by atoms with E-state index in [2.05, 4.69) is 36.4 Å². The quantitative estimate of drug-likeness (QED) is 0.674. The van der Waals surface area contributed by atoms with Crippen LogP contribution in [0.1, 0.15) is 23.1 Å². The van der Waals surface area contributed by atoms with E-state index in [9.17, 15) is 4.79 Å². The third-order valence-electron chi connectivity index (χ3n) is 4.70. The van der Waals surface area contributed by atoms with E-state index in [1.165, 1.54) is 11.1 Å². The van der Waals surface area contributed by atoms with Gasteiger partial charge < -0.3 is 4.74 Å². The van der Waals surface area contributed by atoms with Crippen LogP contribution in [0.2, 0.25) is 0 Å². The normalized spacial score (nSPS) is 13.4. The highest BCUT2D eigenvalue weighted by Crippen LogP contribution is 2.33. The summed E-state index contributed by atoms with van der Waals surface area (Å²) in [6.45, 7) is 0.553. The third kappa shape index (κ3) is 3.48. The van der Waals surface area contributed by atoms with Gasteiger partial charge in [0.15, 0.2) is 0 Å². The molecule has 0 N–H and O–H groups in total. The third-order valence-corrected chi connectivity index (χ3v) is 4.70. The Morgan fingerprint density at radius 1 is 0.800 bits per heavy atom. The van der Waals surface area contributed by atoms with E-state index in [0.717, 1.165) is 28.9 Å². The van der Waals surface area contributed by atoms with Gasteiger partial charge in [0, 0.05) is 18.4 Å². The van der Waals surface area contributed by atoms with Crippen LogP contribution in [0.3, 0.4) is 0 Å². The first-order valence-electron chi connectivity index (χ1n) is 8.69. The number of Topliss-reactive ketones (excluding diaryl/α,β-unsaturated/α-hetero) is 1. The molecule has 2 heteroatoms. The second-order valence-corrected chi connectivity index (χ2v) is 6.47. The average Bonchev–Trinajstić information content (AvgIpc) is 2.67. The lowest BCUT2D eigenvalue weighted by Crippen LogP contribution is -2.13. The van der Waals surface area contributed by atoms with Crippen molar-refractivity contribution < 1.29 is 9.53 Å². The summed E-state index contributed by atoms with van der Waals surface area (Å²) in [5.41, 5.74) is 5.86. The number of benzene rings is 3. The number of rotatable bonds is 4. The Bertz CT molecular complexity index is 897. The van der Waals surface area contributed by atoms with Gasteiger partial charge in [-0.3, -0.25) is 4.79 Å². The summed E-state index contributed by atoms with van der Waals surface area (Å²) < 4.78 is 6.08. The molecule has 25 heavy (non-hydrogen) atoms. The van der Waals surface area contributed by atoms with E-state index in [1.807, 2.05) is 36.4 Å². The predicted molar refractivity (Wildman–Crippen MR) is 99.7 cm³/mol. The van der Waals surface area contributed by atoms with E-state index in [0.29, 0.717) is 25.2 Å². The van der Waals surface area contributed by atoms with Gasteiger partial charge in [0.2, 0.25) is 0 Å². The smallest absolute Gasteiger partial charge is 0.137 e. The number of fused-ring (bicyclic) bond motifs is 1. The molecule has 0 amide bonds. The fourth-order valence-corrected chi connectivity index (χ4v) is 3.34. The lowest BCUT2D eigenvalue weighted by atomic mass is 9.88. The topological polar surface area (TPSA) is 26.3 Å². The molecule has 0 spiro atoms. The molecule has 1 aliphatic carbocycles. The highest BCUT2D eigenvalue weighted by atomic mass is 16.5. The van der Waals surface area contributed by atoms with Crippen LogP contribution in [0, 0.1) is 0 Å². The molecule has 3 aromatic rings. The SMILES string of the molecule is O=C1CCc2cc(-c3ccccc3OCc3ccccc3)ccc2C1. The zero-order chi connectivity index (χ0) is 17.1. The van der Waals surface area contributed by atoms with Crippen molar-refractivity contribution in [3.63, 3.8) is 0 Å². The first-order valence-corrected chi connectivity index (χ1v) is 8.69. The largest absolute Gasteiger partial charge is 0.488 e. The van der Waals surface area contributed by atoms with Crippen LogP contribution >= 0.6 is 0 Å². The number of hydrogen-bond donors (Lipinski definition) is 0. The minimum Gasteiger partial charge on any atom is -0.488 e. The second kappa shape index (κ2) is 6.94. The lowest BCUT2D eigenvalue weighted by molar-refractivity contribution is -0.118. The van der Waals surface area contributed by atoms with Crippen molar-refractivity contribution >= 4 is 5.78 Å². The number of carbonyl (C=O) groups excluding carboxylic acids is 1. The summed E-state index contributed by atoms with van der Waals surface area (Å²) in [4.78, 5) is 11.6. The molecule has 0 atom stereocenters. The summed E-state index contributed by atoms with van der Waals surface area (Å²) >= 11 is 0. The maximum absolute atomic E-state index is 11.6. The Morgan fingerprint density at radius 2 is 1.60 bits per heavy atom. The van der Waals surface area contributed by atoms with Gasteiger partial charge in [0.1, 0.15) is 18.1 Å². The number of aryl methyl sites for hydroxylation is 1. The first-order chi connectivity index (χ1) is 12.3. The lowest BCUT2D eigenvalue weighted by Gasteiger charge is -2.17. The first kappa shape index (κ1) is 15.6. The van der Waals surface area contributed by atoms with Gasteiger partial charge in [0.05, 0.1) is 0 Å². The molecule has 1 aliphatic rings. The summed E-state index contributed by atoms with van der Waals surface area (Å²) in [6, 6.07) is 24.7. The Labute approximate surface area is 148 Å². The van der Waals surface area contributed by atoms with E-state index < -0.39 is 0 Å². The van der Waals surface area contributed by atoms with Crippen LogP contribution < -0.4 is 4.74 Å². The molecule has 3 aromatic carbocycles. The molecule has 4 rings (SSSR count). The van der Waals surface area contributed by atoms with Crippen molar-refractivity contribution in [3.8, 4) is 16.9 Å². The monoisotopic (exact) mass is 328 g/mol. The molecular weight excluding hydrogens is 308 g/mol. The minimum atomic E-state index is 0.340. The molecule has 0 unspecified atom stereocenters. The van der Waals surface area contributed by atoms with Gasteiger partial charge in [-0.15, -0.1) is 0 Å². The summed E-state index contributed by atoms with van der Waals surface area (Å²) in [5.74, 6) is 1.23. The molecule has 0 aromatic heterocycles. The fraction of sp³-hybridized carbons (Fsp3) is 0.174. The number of hydrogen-bond acceptors (Lipinski definition) is 2. The Hall–Kier alpha value is -2.87. The average molecular weight is 328 g/mol. The standard InChI is InChI=1S/C23H20O2/c24-21-13-12-18-14-20(11-10-19(18)15-21)22-8-4-5-9-23(22)25-16-17-6-2-1-3-7-17/h1-11,14H,12-13,15-16H2. The molecule has 0 aliphatic heterocycles. The molecule has 0 saturated heterocycles. The number of ketones is 1. The van der Waals surface area contributed by atoms with Gasteiger partial charge in [-0.1, -0.05) is 66.7 Å². The molecule has 0 fully saturated rings. The van der Waals surface area contributed by atoms with Crippen molar-refractivity contribution in [1.29, 1.82) is 0 Å². The van der Waals surface area contributed by atoms with E-state index in [-0.39, 0.29) is 0 Å². The molecular formula is C23H20O2. The molecule has 0 bridgehead atoms. The molecule has 0 heterocycles. The number of para-hydroxylation sites is 1. The number of ether oxygens (including phenoxy) is 1. The van der Waals surface area contributed by atoms with Crippen molar-refractivity contribution in [2.75, 3.05) is 0 Å². The van der Waals surface area contributed by atoms with Crippen LogP contribution in [0.15, 0.2) is 72.8 Å². The molecule has 124 valence electrons. The van der Waals surface area contributed by atoms with Crippen LogP contribution in [-0.2, 0) is 24.2 Å².